The Kier molecular flexibility index (Phi) is 4.75. The molecule has 0 aromatic carbocycles. The highest BCUT2D eigenvalue weighted by Crippen LogP contribution is 2.21. The van der Waals surface area contributed by atoms with Gasteiger partial charge in [-0.3, -0.25) is 4.99 Å². The van der Waals surface area contributed by atoms with E-state index in [0.29, 0.717) is 16.5 Å². The van der Waals surface area contributed by atoms with Crippen molar-refractivity contribution in [1.29, 1.82) is 0 Å². The molecule has 0 spiro atoms. The first-order valence-electron chi connectivity index (χ1n) is 6.90. The van der Waals surface area contributed by atoms with E-state index in [-0.39, 0.29) is 6.61 Å². The molecule has 0 atom stereocenters. The minimum absolute atomic E-state index is 0.0922. The van der Waals surface area contributed by atoms with Crippen molar-refractivity contribution in [1.82, 2.24) is 9.69 Å². The Morgan fingerprint density at radius 2 is 2.22 bits per heavy atom. The molecule has 0 unspecified atom stereocenters. The maximum Gasteiger partial charge on any atom is 0.176 e. The summed E-state index contributed by atoms with van der Waals surface area (Å²) in [5.41, 5.74) is 3.31. The molecule has 0 amide bonds. The first-order chi connectivity index (χ1) is 11.2. The van der Waals surface area contributed by atoms with E-state index in [1.54, 1.807) is 23.6 Å². The molecule has 1 aliphatic heterocycles. The van der Waals surface area contributed by atoms with Crippen LogP contribution in [-0.2, 0) is 6.61 Å². The molecule has 2 N–H and O–H groups in total. The summed E-state index contributed by atoms with van der Waals surface area (Å²) < 4.78 is 4.10. The van der Waals surface area contributed by atoms with Crippen LogP contribution in [0.3, 0.4) is 0 Å². The average molecular weight is 345 g/mol. The van der Waals surface area contributed by atoms with Gasteiger partial charge in [0.2, 0.25) is 0 Å². The van der Waals surface area contributed by atoms with Crippen molar-refractivity contribution < 1.29 is 5.11 Å². The highest BCUT2D eigenvalue weighted by molar-refractivity contribution is 7.10. The number of hydrogen-bond donors (Lipinski definition) is 2. The average Bonchev–Trinajstić information content (AvgIpc) is 3.20. The zero-order chi connectivity index (χ0) is 16.2. The van der Waals surface area contributed by atoms with E-state index in [2.05, 4.69) is 30.0 Å². The molecule has 0 aliphatic carbocycles. The number of aliphatic imine (C=N–C) groups is 3. The fourth-order valence-electron chi connectivity index (χ4n) is 1.92. The van der Waals surface area contributed by atoms with Crippen molar-refractivity contribution in [3.05, 3.63) is 40.4 Å². The number of nitrogens with one attached hydrogen (secondary N) is 1. The van der Waals surface area contributed by atoms with Gasteiger partial charge in [0.1, 0.15) is 10.8 Å². The van der Waals surface area contributed by atoms with Crippen molar-refractivity contribution in [3.63, 3.8) is 0 Å². The zero-order valence-corrected chi connectivity index (χ0v) is 14.3. The summed E-state index contributed by atoms with van der Waals surface area (Å²) >= 11 is 2.86. The van der Waals surface area contributed by atoms with Gasteiger partial charge >= 0.3 is 0 Å². The highest BCUT2D eigenvalue weighted by atomic mass is 32.1. The Hall–Kier alpha value is -2.16. The molecule has 3 heterocycles. The largest absolute Gasteiger partial charge is 0.390 e. The van der Waals surface area contributed by atoms with E-state index in [9.17, 15) is 0 Å². The molecule has 0 saturated carbocycles. The van der Waals surface area contributed by atoms with Gasteiger partial charge in [-0.05, 0) is 36.8 Å². The van der Waals surface area contributed by atoms with Gasteiger partial charge in [0.15, 0.2) is 5.84 Å². The molecular formula is C15H15N5OS2. The van der Waals surface area contributed by atoms with E-state index in [1.807, 2.05) is 25.3 Å². The lowest BCUT2D eigenvalue weighted by Gasteiger charge is -2.12. The summed E-state index contributed by atoms with van der Waals surface area (Å²) in [6.07, 6.45) is 1.79. The molecule has 0 bridgehead atoms. The maximum absolute atomic E-state index is 9.08. The predicted octanol–water partition coefficient (Wildman–Crippen LogP) is 3.21. The Bertz CT molecular complexity index is 815. The SMILES string of the molecule is CC1=NC(=Nc2cc(CO)ns2)C(C)=NC=C(c2ccsc2)N1. The van der Waals surface area contributed by atoms with E-state index in [0.717, 1.165) is 22.8 Å². The molecule has 0 saturated heterocycles. The van der Waals surface area contributed by atoms with Gasteiger partial charge in [-0.25, -0.2) is 9.98 Å². The van der Waals surface area contributed by atoms with Crippen molar-refractivity contribution >= 4 is 51.0 Å². The lowest BCUT2D eigenvalue weighted by Crippen LogP contribution is -2.23. The minimum Gasteiger partial charge on any atom is -0.390 e. The first-order valence-corrected chi connectivity index (χ1v) is 8.62. The van der Waals surface area contributed by atoms with Crippen LogP contribution in [0.5, 0.6) is 0 Å². The number of aliphatic hydroxyl groups is 1. The number of rotatable bonds is 3. The molecule has 118 valence electrons. The van der Waals surface area contributed by atoms with Crippen LogP contribution >= 0.6 is 22.9 Å². The lowest BCUT2D eigenvalue weighted by molar-refractivity contribution is 0.278. The van der Waals surface area contributed by atoms with Crippen LogP contribution in [-0.4, -0.2) is 26.9 Å². The molecule has 23 heavy (non-hydrogen) atoms. The van der Waals surface area contributed by atoms with Gasteiger partial charge in [-0.15, -0.1) is 0 Å². The van der Waals surface area contributed by atoms with Gasteiger partial charge in [0.25, 0.3) is 0 Å². The van der Waals surface area contributed by atoms with Crippen LogP contribution in [0, 0.1) is 0 Å². The standard InChI is InChI=1S/C15H15N5OS2/c1-9-15(19-14-5-12(7-21)20-23-14)18-10(2)17-13(6-16-9)11-3-4-22-8-11/h3-6,8,21H,7H2,1-2H3,(H,17,18,19). The topological polar surface area (TPSA) is 82.2 Å². The van der Waals surface area contributed by atoms with Gasteiger partial charge in [-0.2, -0.15) is 15.7 Å². The summed E-state index contributed by atoms with van der Waals surface area (Å²) in [6.45, 7) is 3.67. The molecule has 0 fully saturated rings. The molecular weight excluding hydrogens is 330 g/mol. The van der Waals surface area contributed by atoms with E-state index in [4.69, 9.17) is 5.11 Å². The third-order valence-electron chi connectivity index (χ3n) is 3.06. The molecule has 2 aromatic rings. The number of hydrogen-bond acceptors (Lipinski definition) is 7. The van der Waals surface area contributed by atoms with E-state index >= 15 is 0 Å². The number of nitrogens with zero attached hydrogens (tertiary/aromatic N) is 4. The smallest absolute Gasteiger partial charge is 0.176 e. The predicted molar refractivity (Wildman–Crippen MR) is 96.8 cm³/mol. The van der Waals surface area contributed by atoms with Crippen LogP contribution in [0.25, 0.3) is 5.70 Å². The Morgan fingerprint density at radius 3 is 2.91 bits per heavy atom. The summed E-state index contributed by atoms with van der Waals surface area (Å²) in [5, 5.41) is 17.1. The summed E-state index contributed by atoms with van der Waals surface area (Å²) in [5.74, 6) is 1.27. The third kappa shape index (κ3) is 3.79. The van der Waals surface area contributed by atoms with Crippen LogP contribution in [0.4, 0.5) is 5.00 Å². The summed E-state index contributed by atoms with van der Waals surface area (Å²) in [6, 6.07) is 3.78. The fourth-order valence-corrected chi connectivity index (χ4v) is 3.21. The molecule has 6 nitrogen and oxygen atoms in total. The quantitative estimate of drug-likeness (QED) is 0.896. The highest BCUT2D eigenvalue weighted by Gasteiger charge is 2.11. The van der Waals surface area contributed by atoms with Crippen LogP contribution in [0.1, 0.15) is 25.1 Å². The summed E-state index contributed by atoms with van der Waals surface area (Å²) in [7, 11) is 0. The monoisotopic (exact) mass is 345 g/mol. The second kappa shape index (κ2) is 6.95. The molecule has 0 radical (unpaired) electrons. The second-order valence-corrected chi connectivity index (χ2v) is 6.40. The van der Waals surface area contributed by atoms with Crippen molar-refractivity contribution in [2.24, 2.45) is 15.0 Å². The summed E-state index contributed by atoms with van der Waals surface area (Å²) in [4.78, 5) is 13.4. The van der Waals surface area contributed by atoms with Crippen molar-refractivity contribution in [2.45, 2.75) is 20.5 Å². The molecule has 1 aliphatic rings. The number of amidine groups is 2. The molecule has 3 rings (SSSR count). The van der Waals surface area contributed by atoms with Gasteiger partial charge in [-0.1, -0.05) is 0 Å². The number of aromatic nitrogens is 1. The lowest BCUT2D eigenvalue weighted by atomic mass is 10.2. The van der Waals surface area contributed by atoms with Crippen molar-refractivity contribution in [2.75, 3.05) is 0 Å². The normalized spacial score (nSPS) is 17.0. The molecule has 8 heteroatoms. The first kappa shape index (κ1) is 15.7. The van der Waals surface area contributed by atoms with Crippen LogP contribution in [0.2, 0.25) is 0 Å². The minimum atomic E-state index is -0.0922. The Balaban J connectivity index is 1.95. The Labute approximate surface area is 141 Å². The Morgan fingerprint density at radius 1 is 1.35 bits per heavy atom. The zero-order valence-electron chi connectivity index (χ0n) is 12.6. The number of thiophene rings is 1. The fraction of sp³-hybridized carbons (Fsp3) is 0.200. The molecule has 2 aromatic heterocycles. The van der Waals surface area contributed by atoms with Gasteiger partial charge in [0, 0.05) is 17.0 Å². The van der Waals surface area contributed by atoms with Crippen LogP contribution in [0.15, 0.2) is 44.1 Å². The van der Waals surface area contributed by atoms with Crippen molar-refractivity contribution in [3.8, 4) is 0 Å². The van der Waals surface area contributed by atoms with Gasteiger partial charge in [0.05, 0.1) is 29.9 Å². The third-order valence-corrected chi connectivity index (χ3v) is 4.46. The van der Waals surface area contributed by atoms with Gasteiger partial charge < -0.3 is 10.4 Å². The second-order valence-electron chi connectivity index (χ2n) is 4.84. The van der Waals surface area contributed by atoms with E-state index in [1.165, 1.54) is 11.5 Å². The maximum atomic E-state index is 9.08. The van der Waals surface area contributed by atoms with E-state index < -0.39 is 0 Å². The van der Waals surface area contributed by atoms with Crippen LogP contribution < -0.4 is 5.32 Å². The number of aliphatic hydroxyl groups excluding tert-OH is 1.